The number of hydrogen-bond donors (Lipinski definition) is 1. The van der Waals surface area contributed by atoms with Crippen LogP contribution < -0.4 is 15.2 Å². The Bertz CT molecular complexity index is 559. The van der Waals surface area contributed by atoms with Crippen molar-refractivity contribution in [1.29, 1.82) is 0 Å². The van der Waals surface area contributed by atoms with Gasteiger partial charge in [0.1, 0.15) is 17.2 Å². The molecule has 0 unspecified atom stereocenters. The van der Waals surface area contributed by atoms with E-state index < -0.39 is 0 Å². The SMILES string of the molecule is COc1ccc(Oc2c(N)c(C(C)C)nn2C)cc1. The number of aromatic nitrogens is 2. The number of nitrogen functional groups attached to an aromatic ring is 1. The third kappa shape index (κ3) is 2.65. The molecule has 1 aromatic heterocycles. The van der Waals surface area contributed by atoms with Crippen LogP contribution in [0.4, 0.5) is 5.69 Å². The summed E-state index contributed by atoms with van der Waals surface area (Å²) in [6, 6.07) is 7.34. The second kappa shape index (κ2) is 5.22. The van der Waals surface area contributed by atoms with Gasteiger partial charge in [0.15, 0.2) is 0 Å². The fourth-order valence-electron chi connectivity index (χ4n) is 1.85. The highest BCUT2D eigenvalue weighted by Gasteiger charge is 2.17. The lowest BCUT2D eigenvalue weighted by Gasteiger charge is -2.07. The van der Waals surface area contributed by atoms with Crippen LogP contribution in [-0.4, -0.2) is 16.9 Å². The molecule has 0 aliphatic rings. The molecular formula is C14H19N3O2. The Labute approximate surface area is 112 Å². The number of anilines is 1. The van der Waals surface area contributed by atoms with Crippen LogP contribution in [0.15, 0.2) is 24.3 Å². The Morgan fingerprint density at radius 3 is 2.21 bits per heavy atom. The summed E-state index contributed by atoms with van der Waals surface area (Å²) >= 11 is 0. The summed E-state index contributed by atoms with van der Waals surface area (Å²) in [6.45, 7) is 4.10. The average Bonchev–Trinajstić information content (AvgIpc) is 2.68. The van der Waals surface area contributed by atoms with Gasteiger partial charge in [0.05, 0.1) is 12.8 Å². The van der Waals surface area contributed by atoms with E-state index in [1.165, 1.54) is 0 Å². The molecule has 0 bridgehead atoms. The summed E-state index contributed by atoms with van der Waals surface area (Å²) in [5.74, 6) is 2.31. The van der Waals surface area contributed by atoms with Gasteiger partial charge < -0.3 is 15.2 Å². The van der Waals surface area contributed by atoms with Crippen LogP contribution >= 0.6 is 0 Å². The van der Waals surface area contributed by atoms with Crippen LogP contribution in [0.5, 0.6) is 17.4 Å². The molecule has 0 saturated carbocycles. The third-order valence-electron chi connectivity index (χ3n) is 2.88. The van der Waals surface area contributed by atoms with Gasteiger partial charge in [-0.3, -0.25) is 0 Å². The molecule has 19 heavy (non-hydrogen) atoms. The number of nitrogens with zero attached hydrogens (tertiary/aromatic N) is 2. The Morgan fingerprint density at radius 1 is 1.16 bits per heavy atom. The predicted molar refractivity (Wildman–Crippen MR) is 74.8 cm³/mol. The van der Waals surface area contributed by atoms with Crippen molar-refractivity contribution in [3.8, 4) is 17.4 Å². The number of benzene rings is 1. The zero-order valence-electron chi connectivity index (χ0n) is 11.7. The van der Waals surface area contributed by atoms with E-state index >= 15 is 0 Å². The van der Waals surface area contributed by atoms with Gasteiger partial charge in [-0.05, 0) is 30.2 Å². The molecule has 5 heteroatoms. The Balaban J connectivity index is 2.27. The van der Waals surface area contributed by atoms with Crippen molar-refractivity contribution in [2.24, 2.45) is 7.05 Å². The van der Waals surface area contributed by atoms with Crippen LogP contribution in [0.1, 0.15) is 25.5 Å². The monoisotopic (exact) mass is 261 g/mol. The molecule has 5 nitrogen and oxygen atoms in total. The summed E-state index contributed by atoms with van der Waals surface area (Å²) in [5.41, 5.74) is 7.52. The van der Waals surface area contributed by atoms with Gasteiger partial charge in [-0.15, -0.1) is 0 Å². The standard InChI is InChI=1S/C14H19N3O2/c1-9(2)13-12(15)14(17(3)16-13)19-11-7-5-10(18-4)6-8-11/h5-9H,15H2,1-4H3. The van der Waals surface area contributed by atoms with Crippen molar-refractivity contribution >= 4 is 5.69 Å². The molecule has 0 aliphatic heterocycles. The van der Waals surface area contributed by atoms with E-state index in [4.69, 9.17) is 15.2 Å². The van der Waals surface area contributed by atoms with Gasteiger partial charge in [-0.2, -0.15) is 5.10 Å². The van der Waals surface area contributed by atoms with E-state index in [0.717, 1.165) is 11.4 Å². The Kier molecular flexibility index (Phi) is 3.64. The summed E-state index contributed by atoms with van der Waals surface area (Å²) < 4.78 is 12.6. The molecule has 1 heterocycles. The summed E-state index contributed by atoms with van der Waals surface area (Å²) in [4.78, 5) is 0. The molecule has 0 fully saturated rings. The third-order valence-corrected chi connectivity index (χ3v) is 2.88. The first-order valence-electron chi connectivity index (χ1n) is 6.17. The summed E-state index contributed by atoms with van der Waals surface area (Å²) in [5, 5.41) is 4.38. The summed E-state index contributed by atoms with van der Waals surface area (Å²) in [7, 11) is 3.45. The van der Waals surface area contributed by atoms with Crippen molar-refractivity contribution < 1.29 is 9.47 Å². The van der Waals surface area contributed by atoms with Crippen LogP contribution in [0.2, 0.25) is 0 Å². The predicted octanol–water partition coefficient (Wildman–Crippen LogP) is 2.93. The highest BCUT2D eigenvalue weighted by molar-refractivity contribution is 5.55. The first kappa shape index (κ1) is 13.3. The molecule has 2 aromatic rings. The van der Waals surface area contributed by atoms with Gasteiger partial charge >= 0.3 is 0 Å². The van der Waals surface area contributed by atoms with Crippen LogP contribution in [0.3, 0.4) is 0 Å². The highest BCUT2D eigenvalue weighted by Crippen LogP contribution is 2.33. The first-order chi connectivity index (χ1) is 9.02. The zero-order valence-corrected chi connectivity index (χ0v) is 11.7. The molecule has 2 rings (SSSR count). The number of rotatable bonds is 4. The maximum atomic E-state index is 6.08. The molecule has 0 aliphatic carbocycles. The lowest BCUT2D eigenvalue weighted by molar-refractivity contribution is 0.409. The second-order valence-electron chi connectivity index (χ2n) is 4.66. The van der Waals surface area contributed by atoms with E-state index in [9.17, 15) is 0 Å². The molecule has 0 atom stereocenters. The maximum absolute atomic E-state index is 6.08. The average molecular weight is 261 g/mol. The van der Waals surface area contributed by atoms with E-state index in [0.29, 0.717) is 17.3 Å². The fourth-order valence-corrected chi connectivity index (χ4v) is 1.85. The normalized spacial score (nSPS) is 10.8. The van der Waals surface area contributed by atoms with Gasteiger partial charge in [0.25, 0.3) is 0 Å². The minimum Gasteiger partial charge on any atom is -0.497 e. The topological polar surface area (TPSA) is 62.3 Å². The molecule has 0 spiro atoms. The Morgan fingerprint density at radius 2 is 1.74 bits per heavy atom. The van der Waals surface area contributed by atoms with E-state index in [1.807, 2.05) is 31.3 Å². The number of aryl methyl sites for hydroxylation is 1. The minimum atomic E-state index is 0.263. The van der Waals surface area contributed by atoms with Gasteiger partial charge in [0.2, 0.25) is 5.88 Å². The van der Waals surface area contributed by atoms with E-state index in [-0.39, 0.29) is 5.92 Å². The lowest BCUT2D eigenvalue weighted by Crippen LogP contribution is -1.97. The molecule has 0 amide bonds. The zero-order chi connectivity index (χ0) is 14.0. The van der Waals surface area contributed by atoms with E-state index in [2.05, 4.69) is 18.9 Å². The van der Waals surface area contributed by atoms with Gasteiger partial charge in [-0.25, -0.2) is 4.68 Å². The largest absolute Gasteiger partial charge is 0.497 e. The van der Waals surface area contributed by atoms with Crippen molar-refractivity contribution in [3.05, 3.63) is 30.0 Å². The molecular weight excluding hydrogens is 242 g/mol. The van der Waals surface area contributed by atoms with Crippen molar-refractivity contribution in [3.63, 3.8) is 0 Å². The number of nitrogens with two attached hydrogens (primary N) is 1. The number of methoxy groups -OCH3 is 1. The van der Waals surface area contributed by atoms with Crippen molar-refractivity contribution in [2.75, 3.05) is 12.8 Å². The Hall–Kier alpha value is -2.17. The fraction of sp³-hybridized carbons (Fsp3) is 0.357. The van der Waals surface area contributed by atoms with Crippen LogP contribution in [0.25, 0.3) is 0 Å². The smallest absolute Gasteiger partial charge is 0.241 e. The molecule has 2 N–H and O–H groups in total. The second-order valence-corrected chi connectivity index (χ2v) is 4.66. The van der Waals surface area contributed by atoms with Crippen LogP contribution in [-0.2, 0) is 7.05 Å². The van der Waals surface area contributed by atoms with Crippen molar-refractivity contribution in [2.45, 2.75) is 19.8 Å². The number of ether oxygens (including phenoxy) is 2. The maximum Gasteiger partial charge on any atom is 0.241 e. The van der Waals surface area contributed by atoms with Crippen molar-refractivity contribution in [1.82, 2.24) is 9.78 Å². The van der Waals surface area contributed by atoms with E-state index in [1.54, 1.807) is 11.8 Å². The molecule has 102 valence electrons. The lowest BCUT2D eigenvalue weighted by atomic mass is 10.1. The van der Waals surface area contributed by atoms with Gasteiger partial charge in [-0.1, -0.05) is 13.8 Å². The number of hydrogen-bond acceptors (Lipinski definition) is 4. The molecule has 0 radical (unpaired) electrons. The highest BCUT2D eigenvalue weighted by atomic mass is 16.5. The van der Waals surface area contributed by atoms with Crippen LogP contribution in [0, 0.1) is 0 Å². The molecule has 1 aromatic carbocycles. The first-order valence-corrected chi connectivity index (χ1v) is 6.17. The summed E-state index contributed by atoms with van der Waals surface area (Å²) in [6.07, 6.45) is 0. The van der Waals surface area contributed by atoms with Gasteiger partial charge in [0, 0.05) is 7.05 Å². The molecule has 0 saturated heterocycles. The quantitative estimate of drug-likeness (QED) is 0.919. The minimum absolute atomic E-state index is 0.263.